The molecular formula is C19H29ClN4O2. The van der Waals surface area contributed by atoms with Gasteiger partial charge in [0.15, 0.2) is 0 Å². The molecule has 1 unspecified atom stereocenters. The van der Waals surface area contributed by atoms with Gasteiger partial charge in [0, 0.05) is 35.9 Å². The molecule has 0 aliphatic rings. The second-order valence-corrected chi connectivity index (χ2v) is 6.17. The van der Waals surface area contributed by atoms with Crippen molar-refractivity contribution in [2.75, 3.05) is 18.4 Å². The maximum Gasteiger partial charge on any atom is 0.242 e. The molecule has 1 heterocycles. The van der Waals surface area contributed by atoms with E-state index in [0.29, 0.717) is 26.1 Å². The number of hydrogen-bond acceptors (Lipinski definition) is 3. The molecule has 0 aliphatic carbocycles. The van der Waals surface area contributed by atoms with E-state index in [1.807, 2.05) is 60.7 Å². The van der Waals surface area contributed by atoms with Crippen LogP contribution in [0.5, 0.6) is 0 Å². The molecule has 0 radical (unpaired) electrons. The van der Waals surface area contributed by atoms with E-state index in [4.69, 9.17) is 5.73 Å². The third-order valence-electron chi connectivity index (χ3n) is 4.40. The predicted molar refractivity (Wildman–Crippen MR) is 109 cm³/mol. The summed E-state index contributed by atoms with van der Waals surface area (Å²) < 4.78 is 1.93. The fraction of sp³-hybridized carbons (Fsp3) is 0.474. The van der Waals surface area contributed by atoms with Crippen LogP contribution in [-0.4, -0.2) is 40.4 Å². The van der Waals surface area contributed by atoms with Gasteiger partial charge in [-0.25, -0.2) is 0 Å². The highest BCUT2D eigenvalue weighted by Gasteiger charge is 2.14. The quantitative estimate of drug-likeness (QED) is 0.738. The molecule has 1 aromatic heterocycles. The summed E-state index contributed by atoms with van der Waals surface area (Å²) in [5.41, 5.74) is 7.53. The van der Waals surface area contributed by atoms with Crippen molar-refractivity contribution in [2.24, 2.45) is 5.73 Å². The fourth-order valence-electron chi connectivity index (χ4n) is 2.91. The number of amides is 2. The van der Waals surface area contributed by atoms with Gasteiger partial charge in [0.1, 0.15) is 6.54 Å². The van der Waals surface area contributed by atoms with Gasteiger partial charge in [-0.1, -0.05) is 13.3 Å². The molecule has 0 fully saturated rings. The number of likely N-dealkylation sites (N-methyl/N-ethyl adjacent to an activating group) is 1. The zero-order valence-corrected chi connectivity index (χ0v) is 16.5. The largest absolute Gasteiger partial charge is 0.342 e. The summed E-state index contributed by atoms with van der Waals surface area (Å²) in [5.74, 6) is -0.0669. The van der Waals surface area contributed by atoms with Gasteiger partial charge in [0.05, 0.1) is 6.04 Å². The van der Waals surface area contributed by atoms with Crippen LogP contribution in [0.3, 0.4) is 0 Å². The van der Waals surface area contributed by atoms with E-state index in [1.165, 1.54) is 0 Å². The number of nitrogens with zero attached hydrogens (tertiary/aromatic N) is 2. The number of benzene rings is 1. The number of fused-ring (bicyclic) bond motifs is 1. The lowest BCUT2D eigenvalue weighted by atomic mass is 10.1. The highest BCUT2D eigenvalue weighted by atomic mass is 35.5. The van der Waals surface area contributed by atoms with Crippen LogP contribution in [0.4, 0.5) is 5.69 Å². The Morgan fingerprint density at radius 3 is 2.50 bits per heavy atom. The molecule has 0 spiro atoms. The van der Waals surface area contributed by atoms with Gasteiger partial charge in [0.2, 0.25) is 11.8 Å². The normalized spacial score (nSPS) is 11.7. The highest BCUT2D eigenvalue weighted by Crippen LogP contribution is 2.21. The van der Waals surface area contributed by atoms with E-state index in [1.54, 1.807) is 0 Å². The van der Waals surface area contributed by atoms with E-state index < -0.39 is 6.04 Å². The molecule has 1 atom stereocenters. The Balaban J connectivity index is 0.00000338. The van der Waals surface area contributed by atoms with Gasteiger partial charge in [0.25, 0.3) is 0 Å². The standard InChI is InChI=1S/C19H28N4O2.ClH/c1-4-7-16(20)19(25)21-15-8-9-17-14(12-15)10-11-23(17)13-18(24)22(5-2)6-3;/h8-12,16H,4-7,13,20H2,1-3H3,(H,21,25);1H. The van der Waals surface area contributed by atoms with E-state index >= 15 is 0 Å². The number of aromatic nitrogens is 1. The monoisotopic (exact) mass is 380 g/mol. The van der Waals surface area contributed by atoms with Crippen LogP contribution in [-0.2, 0) is 16.1 Å². The van der Waals surface area contributed by atoms with Crippen molar-refractivity contribution >= 4 is 40.8 Å². The molecule has 0 bridgehead atoms. The summed E-state index contributed by atoms with van der Waals surface area (Å²) in [4.78, 5) is 26.2. The minimum Gasteiger partial charge on any atom is -0.342 e. The Morgan fingerprint density at radius 1 is 1.19 bits per heavy atom. The van der Waals surface area contributed by atoms with Gasteiger partial charge < -0.3 is 20.5 Å². The molecule has 144 valence electrons. The molecule has 6 nitrogen and oxygen atoms in total. The molecule has 0 saturated carbocycles. The zero-order chi connectivity index (χ0) is 18.4. The van der Waals surface area contributed by atoms with Gasteiger partial charge in [-0.05, 0) is 44.5 Å². The number of anilines is 1. The Kier molecular flexibility index (Phi) is 8.61. The molecule has 7 heteroatoms. The highest BCUT2D eigenvalue weighted by molar-refractivity contribution is 5.97. The third kappa shape index (κ3) is 5.22. The van der Waals surface area contributed by atoms with Gasteiger partial charge >= 0.3 is 0 Å². The minimum atomic E-state index is -0.489. The van der Waals surface area contributed by atoms with Crippen molar-refractivity contribution in [3.63, 3.8) is 0 Å². The Bertz CT molecular complexity index is 740. The number of carbonyl (C=O) groups excluding carboxylic acids is 2. The van der Waals surface area contributed by atoms with Gasteiger partial charge in [-0.2, -0.15) is 0 Å². The summed E-state index contributed by atoms with van der Waals surface area (Å²) >= 11 is 0. The Morgan fingerprint density at radius 2 is 1.88 bits per heavy atom. The van der Waals surface area contributed by atoms with Crippen molar-refractivity contribution in [3.8, 4) is 0 Å². The minimum absolute atomic E-state index is 0. The molecule has 0 saturated heterocycles. The van der Waals surface area contributed by atoms with Crippen LogP contribution in [0.15, 0.2) is 30.5 Å². The lowest BCUT2D eigenvalue weighted by Crippen LogP contribution is -2.35. The summed E-state index contributed by atoms with van der Waals surface area (Å²) in [6.45, 7) is 7.70. The number of nitrogens with one attached hydrogen (secondary N) is 1. The smallest absolute Gasteiger partial charge is 0.242 e. The Labute approximate surface area is 161 Å². The maximum atomic E-state index is 12.3. The SMILES string of the molecule is CCCC(N)C(=O)Nc1ccc2c(ccn2CC(=O)N(CC)CC)c1.Cl. The molecule has 0 aliphatic heterocycles. The van der Waals surface area contributed by atoms with Crippen LogP contribution in [0.25, 0.3) is 10.9 Å². The molecule has 2 rings (SSSR count). The first-order valence-electron chi connectivity index (χ1n) is 8.93. The van der Waals surface area contributed by atoms with Crippen molar-refractivity contribution in [2.45, 2.75) is 46.2 Å². The molecule has 26 heavy (non-hydrogen) atoms. The average Bonchev–Trinajstić information content (AvgIpc) is 2.98. The third-order valence-corrected chi connectivity index (χ3v) is 4.40. The first-order valence-corrected chi connectivity index (χ1v) is 8.93. The van der Waals surface area contributed by atoms with Crippen LogP contribution >= 0.6 is 12.4 Å². The van der Waals surface area contributed by atoms with Crippen molar-refractivity contribution in [1.82, 2.24) is 9.47 Å². The molecule has 3 N–H and O–H groups in total. The van der Waals surface area contributed by atoms with Crippen molar-refractivity contribution < 1.29 is 9.59 Å². The van der Waals surface area contributed by atoms with Crippen LogP contribution < -0.4 is 11.1 Å². The number of rotatable bonds is 8. The van der Waals surface area contributed by atoms with Gasteiger partial charge in [-0.15, -0.1) is 12.4 Å². The fourth-order valence-corrected chi connectivity index (χ4v) is 2.91. The summed E-state index contributed by atoms with van der Waals surface area (Å²) in [7, 11) is 0. The van der Waals surface area contributed by atoms with Crippen LogP contribution in [0.1, 0.15) is 33.6 Å². The predicted octanol–water partition coefficient (Wildman–Crippen LogP) is 3.00. The summed E-state index contributed by atoms with van der Waals surface area (Å²) in [5, 5.41) is 3.84. The molecule has 2 amide bonds. The topological polar surface area (TPSA) is 80.4 Å². The molecule has 2 aromatic rings. The summed E-state index contributed by atoms with van der Waals surface area (Å²) in [6, 6.07) is 7.14. The van der Waals surface area contributed by atoms with Crippen LogP contribution in [0, 0.1) is 0 Å². The second-order valence-electron chi connectivity index (χ2n) is 6.17. The maximum absolute atomic E-state index is 12.3. The zero-order valence-electron chi connectivity index (χ0n) is 15.7. The van der Waals surface area contributed by atoms with E-state index in [9.17, 15) is 9.59 Å². The first-order chi connectivity index (χ1) is 12.0. The van der Waals surface area contributed by atoms with E-state index in [2.05, 4.69) is 5.32 Å². The van der Waals surface area contributed by atoms with E-state index in [-0.39, 0.29) is 24.2 Å². The Hall–Kier alpha value is -2.05. The first kappa shape index (κ1) is 22.0. The van der Waals surface area contributed by atoms with Crippen molar-refractivity contribution in [1.29, 1.82) is 0 Å². The molecular weight excluding hydrogens is 352 g/mol. The number of hydrogen-bond donors (Lipinski definition) is 2. The number of nitrogens with two attached hydrogens (primary N) is 1. The average molecular weight is 381 g/mol. The summed E-state index contributed by atoms with van der Waals surface area (Å²) in [6.07, 6.45) is 3.44. The molecule has 1 aromatic carbocycles. The van der Waals surface area contributed by atoms with Crippen molar-refractivity contribution in [3.05, 3.63) is 30.5 Å². The van der Waals surface area contributed by atoms with Gasteiger partial charge in [-0.3, -0.25) is 9.59 Å². The second kappa shape index (κ2) is 10.2. The van der Waals surface area contributed by atoms with Crippen LogP contribution in [0.2, 0.25) is 0 Å². The van der Waals surface area contributed by atoms with E-state index in [0.717, 1.165) is 23.0 Å². The number of halogens is 1. The lowest BCUT2D eigenvalue weighted by molar-refractivity contribution is -0.131. The number of carbonyl (C=O) groups is 2. The lowest BCUT2D eigenvalue weighted by Gasteiger charge is -2.19.